The summed E-state index contributed by atoms with van der Waals surface area (Å²) in [4.78, 5) is -0.180. The molecular formula is C6H12BrFO4S. The van der Waals surface area contributed by atoms with Crippen LogP contribution in [-0.2, 0) is 14.6 Å². The Morgan fingerprint density at radius 3 is 2.54 bits per heavy atom. The van der Waals surface area contributed by atoms with Crippen LogP contribution < -0.4 is 0 Å². The highest BCUT2D eigenvalue weighted by Crippen LogP contribution is 2.11. The van der Waals surface area contributed by atoms with Gasteiger partial charge in [0, 0.05) is 4.83 Å². The summed E-state index contributed by atoms with van der Waals surface area (Å²) in [6.07, 6.45) is 1.72. The average molecular weight is 279 g/mol. The minimum absolute atomic E-state index is 0.134. The number of alkyl halides is 2. The van der Waals surface area contributed by atoms with Crippen molar-refractivity contribution >= 4 is 26.3 Å². The number of rotatable bonds is 7. The van der Waals surface area contributed by atoms with Gasteiger partial charge < -0.3 is 0 Å². The molecule has 0 fully saturated rings. The van der Waals surface area contributed by atoms with Gasteiger partial charge in [0.2, 0.25) is 0 Å². The van der Waals surface area contributed by atoms with Crippen LogP contribution in [-0.4, -0.2) is 31.1 Å². The van der Waals surface area contributed by atoms with E-state index in [0.29, 0.717) is 19.3 Å². The van der Waals surface area contributed by atoms with Gasteiger partial charge in [-0.05, 0) is 19.3 Å². The van der Waals surface area contributed by atoms with Crippen LogP contribution >= 0.6 is 15.9 Å². The molecule has 80 valence electrons. The SMILES string of the molecule is O=S(=O)(O)OCC(Br)CCCCF. The molecule has 0 amide bonds. The second kappa shape index (κ2) is 6.69. The van der Waals surface area contributed by atoms with Crippen LogP contribution in [0.1, 0.15) is 19.3 Å². The van der Waals surface area contributed by atoms with Crippen LogP contribution in [0.2, 0.25) is 0 Å². The maximum Gasteiger partial charge on any atom is 0.397 e. The summed E-state index contributed by atoms with van der Waals surface area (Å²) >= 11 is 3.14. The van der Waals surface area contributed by atoms with Gasteiger partial charge in [-0.3, -0.25) is 8.94 Å². The normalized spacial score (nSPS) is 14.4. The van der Waals surface area contributed by atoms with E-state index in [-0.39, 0.29) is 18.1 Å². The second-order valence-corrected chi connectivity index (χ2v) is 4.88. The molecular weight excluding hydrogens is 267 g/mol. The van der Waals surface area contributed by atoms with Gasteiger partial charge in [0.25, 0.3) is 0 Å². The molecule has 1 N–H and O–H groups in total. The summed E-state index contributed by atoms with van der Waals surface area (Å²) in [6.45, 7) is -0.510. The lowest BCUT2D eigenvalue weighted by Crippen LogP contribution is -2.13. The molecule has 0 aliphatic carbocycles. The third-order valence-electron chi connectivity index (χ3n) is 1.30. The van der Waals surface area contributed by atoms with Crippen molar-refractivity contribution in [2.45, 2.75) is 24.1 Å². The minimum Gasteiger partial charge on any atom is -0.264 e. The zero-order valence-corrected chi connectivity index (χ0v) is 9.35. The van der Waals surface area contributed by atoms with Crippen LogP contribution in [0.5, 0.6) is 0 Å². The third-order valence-corrected chi connectivity index (χ3v) is 2.45. The predicted molar refractivity (Wildman–Crippen MR) is 50.0 cm³/mol. The van der Waals surface area contributed by atoms with E-state index in [1.54, 1.807) is 0 Å². The van der Waals surface area contributed by atoms with Crippen LogP contribution in [0.3, 0.4) is 0 Å². The lowest BCUT2D eigenvalue weighted by atomic mass is 10.2. The highest BCUT2D eigenvalue weighted by molar-refractivity contribution is 9.09. The van der Waals surface area contributed by atoms with E-state index in [0.717, 1.165) is 0 Å². The first-order chi connectivity index (χ1) is 5.95. The van der Waals surface area contributed by atoms with Gasteiger partial charge >= 0.3 is 10.4 Å². The molecule has 0 rings (SSSR count). The molecule has 13 heavy (non-hydrogen) atoms. The Labute approximate surface area is 85.5 Å². The van der Waals surface area contributed by atoms with E-state index >= 15 is 0 Å². The molecule has 4 nitrogen and oxygen atoms in total. The molecule has 0 aliphatic heterocycles. The summed E-state index contributed by atoms with van der Waals surface area (Å²) in [5, 5.41) is 0. The van der Waals surface area contributed by atoms with E-state index in [4.69, 9.17) is 4.55 Å². The Hall–Kier alpha value is 0.280. The minimum atomic E-state index is -4.35. The van der Waals surface area contributed by atoms with Crippen molar-refractivity contribution in [1.82, 2.24) is 0 Å². The fourth-order valence-corrected chi connectivity index (χ4v) is 1.67. The van der Waals surface area contributed by atoms with Gasteiger partial charge in [0.05, 0.1) is 13.3 Å². The second-order valence-electron chi connectivity index (χ2n) is 2.49. The zero-order valence-electron chi connectivity index (χ0n) is 6.95. The number of halogens is 2. The van der Waals surface area contributed by atoms with Gasteiger partial charge in [-0.15, -0.1) is 0 Å². The highest BCUT2D eigenvalue weighted by atomic mass is 79.9. The Bertz CT molecular complexity index is 219. The molecule has 0 aromatic heterocycles. The standard InChI is InChI=1S/C6H12BrFO4S/c7-6(3-1-2-4-8)5-12-13(9,10)11/h6H,1-5H2,(H,9,10,11). The molecule has 0 aromatic rings. The van der Waals surface area contributed by atoms with Crippen molar-refractivity contribution in [2.75, 3.05) is 13.3 Å². The molecule has 0 bridgehead atoms. The molecule has 0 aliphatic rings. The number of unbranched alkanes of at least 4 members (excludes halogenated alkanes) is 1. The number of hydrogen-bond donors (Lipinski definition) is 1. The van der Waals surface area contributed by atoms with Crippen LogP contribution in [0, 0.1) is 0 Å². The largest absolute Gasteiger partial charge is 0.397 e. The molecule has 0 heterocycles. The maximum atomic E-state index is 11.6. The first kappa shape index (κ1) is 13.3. The maximum absolute atomic E-state index is 11.6. The Balaban J connectivity index is 3.46. The highest BCUT2D eigenvalue weighted by Gasteiger charge is 2.10. The van der Waals surface area contributed by atoms with Gasteiger partial charge in [-0.25, -0.2) is 4.18 Å². The Morgan fingerprint density at radius 2 is 2.08 bits per heavy atom. The first-order valence-electron chi connectivity index (χ1n) is 3.77. The lowest BCUT2D eigenvalue weighted by Gasteiger charge is -2.07. The summed E-state index contributed by atoms with van der Waals surface area (Å²) in [5.74, 6) is 0. The van der Waals surface area contributed by atoms with Crippen molar-refractivity contribution in [3.05, 3.63) is 0 Å². The number of hydrogen-bond acceptors (Lipinski definition) is 3. The molecule has 1 unspecified atom stereocenters. The Morgan fingerprint density at radius 1 is 1.46 bits per heavy atom. The molecule has 0 aromatic carbocycles. The molecule has 7 heteroatoms. The summed E-state index contributed by atoms with van der Waals surface area (Å²) < 4.78 is 44.2. The van der Waals surface area contributed by atoms with Crippen LogP contribution in [0.25, 0.3) is 0 Å². The molecule has 0 radical (unpaired) electrons. The van der Waals surface area contributed by atoms with Gasteiger partial charge in [-0.2, -0.15) is 8.42 Å². The summed E-state index contributed by atoms with van der Waals surface area (Å²) in [6, 6.07) is 0. The zero-order chi connectivity index (χ0) is 10.3. The fourth-order valence-electron chi connectivity index (χ4n) is 0.703. The molecule has 0 saturated heterocycles. The van der Waals surface area contributed by atoms with Crippen molar-refractivity contribution in [3.63, 3.8) is 0 Å². The van der Waals surface area contributed by atoms with E-state index in [1.165, 1.54) is 0 Å². The average Bonchev–Trinajstić information content (AvgIpc) is 2.00. The first-order valence-corrected chi connectivity index (χ1v) is 6.05. The van der Waals surface area contributed by atoms with Crippen molar-refractivity contribution in [3.8, 4) is 0 Å². The lowest BCUT2D eigenvalue weighted by molar-refractivity contribution is 0.266. The van der Waals surface area contributed by atoms with E-state index in [9.17, 15) is 12.8 Å². The van der Waals surface area contributed by atoms with Gasteiger partial charge in [0.15, 0.2) is 0 Å². The van der Waals surface area contributed by atoms with Gasteiger partial charge in [-0.1, -0.05) is 15.9 Å². The monoisotopic (exact) mass is 278 g/mol. The van der Waals surface area contributed by atoms with Crippen molar-refractivity contribution in [2.24, 2.45) is 0 Å². The van der Waals surface area contributed by atoms with Crippen molar-refractivity contribution < 1.29 is 21.5 Å². The predicted octanol–water partition coefficient (Wildman–Crippen LogP) is 1.71. The van der Waals surface area contributed by atoms with Gasteiger partial charge in [0.1, 0.15) is 0 Å². The van der Waals surface area contributed by atoms with E-state index in [2.05, 4.69) is 20.1 Å². The van der Waals surface area contributed by atoms with Crippen LogP contribution in [0.4, 0.5) is 4.39 Å². The van der Waals surface area contributed by atoms with Crippen molar-refractivity contribution in [1.29, 1.82) is 0 Å². The molecule has 1 atom stereocenters. The van der Waals surface area contributed by atoms with E-state index < -0.39 is 10.4 Å². The van der Waals surface area contributed by atoms with Crippen LogP contribution in [0.15, 0.2) is 0 Å². The molecule has 0 spiro atoms. The molecule has 0 saturated carbocycles. The quantitative estimate of drug-likeness (QED) is 0.438. The topological polar surface area (TPSA) is 63.6 Å². The smallest absolute Gasteiger partial charge is 0.264 e. The summed E-state index contributed by atoms with van der Waals surface area (Å²) in [5.41, 5.74) is 0. The Kier molecular flexibility index (Phi) is 6.84. The third kappa shape index (κ3) is 10.2. The summed E-state index contributed by atoms with van der Waals surface area (Å²) in [7, 11) is -4.35. The fraction of sp³-hybridized carbons (Fsp3) is 1.00. The van der Waals surface area contributed by atoms with E-state index in [1.807, 2.05) is 0 Å².